The first-order valence-corrected chi connectivity index (χ1v) is 11.9. The maximum atomic E-state index is 3.84. The molecule has 0 aliphatic rings. The van der Waals surface area contributed by atoms with E-state index in [1.54, 1.807) is 0 Å². The molecule has 4 aromatic carbocycles. The minimum Gasteiger partial charge on any atom is -0.342 e. The normalized spacial score (nSPS) is 10.5. The molecule has 0 aromatic heterocycles. The maximum absolute atomic E-state index is 3.84. The minimum atomic E-state index is 0.905. The van der Waals surface area contributed by atoms with Crippen LogP contribution < -0.4 is 9.80 Å². The molecule has 0 N–H and O–H groups in total. The second-order valence-electron chi connectivity index (χ2n) is 8.17. The molecular formula is C32H32N2. The van der Waals surface area contributed by atoms with Gasteiger partial charge in [-0.15, -0.1) is 0 Å². The summed E-state index contributed by atoms with van der Waals surface area (Å²) in [7, 11) is 0. The van der Waals surface area contributed by atoms with Crippen molar-refractivity contribution in [2.45, 2.75) is 13.8 Å². The van der Waals surface area contributed by atoms with Gasteiger partial charge in [-0.05, 0) is 84.6 Å². The molecule has 0 aliphatic heterocycles. The molecule has 0 atom stereocenters. The molecule has 0 radical (unpaired) electrons. The van der Waals surface area contributed by atoms with E-state index in [9.17, 15) is 0 Å². The molecule has 0 amide bonds. The summed E-state index contributed by atoms with van der Waals surface area (Å²) < 4.78 is 0. The van der Waals surface area contributed by atoms with Gasteiger partial charge in [0.15, 0.2) is 0 Å². The van der Waals surface area contributed by atoms with Crippen molar-refractivity contribution in [3.63, 3.8) is 0 Å². The summed E-state index contributed by atoms with van der Waals surface area (Å²) in [5, 5.41) is 0. The molecule has 0 heterocycles. The van der Waals surface area contributed by atoms with Crippen molar-refractivity contribution in [3.8, 4) is 11.1 Å². The lowest BCUT2D eigenvalue weighted by Crippen LogP contribution is -2.15. The zero-order valence-corrected chi connectivity index (χ0v) is 20.1. The number of benzene rings is 4. The van der Waals surface area contributed by atoms with Gasteiger partial charge in [0, 0.05) is 35.8 Å². The van der Waals surface area contributed by atoms with Crippen LogP contribution >= 0.6 is 0 Å². The van der Waals surface area contributed by atoms with E-state index in [0.29, 0.717) is 0 Å². The van der Waals surface area contributed by atoms with Crippen LogP contribution in [0.5, 0.6) is 0 Å². The summed E-state index contributed by atoms with van der Waals surface area (Å²) in [6, 6.07) is 34.7. The Morgan fingerprint density at radius 1 is 0.471 bits per heavy atom. The molecule has 4 aromatic rings. The summed E-state index contributed by atoms with van der Waals surface area (Å²) >= 11 is 0. The van der Waals surface area contributed by atoms with E-state index in [-0.39, 0.29) is 0 Å². The molecule has 2 nitrogen and oxygen atoms in total. The molecule has 0 aliphatic carbocycles. The summed E-state index contributed by atoms with van der Waals surface area (Å²) in [4.78, 5) is 4.63. The van der Waals surface area contributed by atoms with Gasteiger partial charge >= 0.3 is 0 Å². The molecule has 0 saturated heterocycles. The Morgan fingerprint density at radius 2 is 0.735 bits per heavy atom. The second kappa shape index (κ2) is 10.7. The lowest BCUT2D eigenvalue weighted by atomic mass is 10.0. The zero-order chi connectivity index (χ0) is 23.9. The number of rotatable bonds is 9. The first kappa shape index (κ1) is 23.1. The predicted octanol–water partition coefficient (Wildman–Crippen LogP) is 8.96. The van der Waals surface area contributed by atoms with Crippen LogP contribution in [0.4, 0.5) is 22.7 Å². The van der Waals surface area contributed by atoms with Crippen LogP contribution in [-0.4, -0.2) is 13.1 Å². The Kier molecular flexibility index (Phi) is 7.29. The Hall–Kier alpha value is -4.04. The molecule has 0 bridgehead atoms. The van der Waals surface area contributed by atoms with Crippen LogP contribution in [0.15, 0.2) is 110 Å². The van der Waals surface area contributed by atoms with Gasteiger partial charge in [-0.25, -0.2) is 0 Å². The average molecular weight is 445 g/mol. The van der Waals surface area contributed by atoms with Gasteiger partial charge < -0.3 is 9.80 Å². The lowest BCUT2D eigenvalue weighted by Gasteiger charge is -2.24. The molecule has 0 saturated carbocycles. The van der Waals surface area contributed by atoms with Gasteiger partial charge in [-0.3, -0.25) is 0 Å². The smallest absolute Gasteiger partial charge is 0.0411 e. The van der Waals surface area contributed by atoms with Crippen LogP contribution in [0.1, 0.15) is 25.0 Å². The third-order valence-corrected chi connectivity index (χ3v) is 6.20. The number of nitrogens with zero attached hydrogens (tertiary/aromatic N) is 2. The Balaban J connectivity index is 1.53. The molecule has 4 rings (SSSR count). The van der Waals surface area contributed by atoms with Gasteiger partial charge in [0.1, 0.15) is 0 Å². The topological polar surface area (TPSA) is 6.48 Å². The van der Waals surface area contributed by atoms with E-state index in [2.05, 4.69) is 134 Å². The highest BCUT2D eigenvalue weighted by molar-refractivity contribution is 5.73. The van der Waals surface area contributed by atoms with Crippen LogP contribution in [0.25, 0.3) is 23.3 Å². The zero-order valence-electron chi connectivity index (χ0n) is 20.1. The van der Waals surface area contributed by atoms with Crippen LogP contribution in [0.2, 0.25) is 0 Å². The molecule has 0 spiro atoms. The third-order valence-electron chi connectivity index (χ3n) is 6.20. The summed E-state index contributed by atoms with van der Waals surface area (Å²) in [5.74, 6) is 0. The van der Waals surface area contributed by atoms with E-state index >= 15 is 0 Å². The van der Waals surface area contributed by atoms with Crippen molar-refractivity contribution in [3.05, 3.63) is 121 Å². The minimum absolute atomic E-state index is 0.905. The fourth-order valence-electron chi connectivity index (χ4n) is 4.28. The van der Waals surface area contributed by atoms with Crippen LogP contribution in [0.3, 0.4) is 0 Å². The van der Waals surface area contributed by atoms with E-state index in [1.165, 1.54) is 33.9 Å². The predicted molar refractivity (Wildman–Crippen MR) is 150 cm³/mol. The van der Waals surface area contributed by atoms with Crippen molar-refractivity contribution in [2.24, 2.45) is 0 Å². The quantitative estimate of drug-likeness (QED) is 0.254. The molecule has 170 valence electrons. The van der Waals surface area contributed by atoms with Gasteiger partial charge in [-0.1, -0.05) is 73.8 Å². The SMILES string of the molecule is C=Cc1ccc(N(CC)c2ccc(-c3ccc(N(CC)c4ccc(C=C)cc4)cc3)cc2)cc1. The van der Waals surface area contributed by atoms with Crippen LogP contribution in [-0.2, 0) is 0 Å². The van der Waals surface area contributed by atoms with Crippen LogP contribution in [0, 0.1) is 0 Å². The highest BCUT2D eigenvalue weighted by atomic mass is 15.1. The van der Waals surface area contributed by atoms with Crippen molar-refractivity contribution in [1.29, 1.82) is 0 Å². The Labute approximate surface area is 204 Å². The largest absolute Gasteiger partial charge is 0.342 e. The van der Waals surface area contributed by atoms with Crippen molar-refractivity contribution >= 4 is 34.9 Å². The first-order valence-electron chi connectivity index (χ1n) is 11.9. The molecule has 2 heteroatoms. The maximum Gasteiger partial charge on any atom is 0.0411 e. The number of hydrogen-bond donors (Lipinski definition) is 0. The summed E-state index contributed by atoms with van der Waals surface area (Å²) in [6.45, 7) is 13.9. The number of anilines is 4. The Bertz CT molecular complexity index is 1120. The van der Waals surface area contributed by atoms with Gasteiger partial charge in [0.25, 0.3) is 0 Å². The van der Waals surface area contributed by atoms with Gasteiger partial charge in [0.05, 0.1) is 0 Å². The molecule has 0 fully saturated rings. The third kappa shape index (κ3) is 4.97. The van der Waals surface area contributed by atoms with Crippen molar-refractivity contribution < 1.29 is 0 Å². The van der Waals surface area contributed by atoms with Gasteiger partial charge in [0.2, 0.25) is 0 Å². The fraction of sp³-hybridized carbons (Fsp3) is 0.125. The highest BCUT2D eigenvalue weighted by Gasteiger charge is 2.10. The summed E-state index contributed by atoms with van der Waals surface area (Å²) in [6.07, 6.45) is 3.75. The summed E-state index contributed by atoms with van der Waals surface area (Å²) in [5.41, 5.74) is 9.45. The fourth-order valence-corrected chi connectivity index (χ4v) is 4.28. The van der Waals surface area contributed by atoms with Crippen molar-refractivity contribution in [1.82, 2.24) is 0 Å². The van der Waals surface area contributed by atoms with E-state index in [0.717, 1.165) is 24.2 Å². The molecular weight excluding hydrogens is 412 g/mol. The second-order valence-corrected chi connectivity index (χ2v) is 8.17. The standard InChI is InChI=1S/C32H32N2/c1-5-25-9-17-29(18-10-25)33(7-3)31-21-13-27(14-22-31)28-15-23-32(24-16-28)34(8-4)30-19-11-26(6-2)12-20-30/h5-6,9-24H,1-2,7-8H2,3-4H3. The van der Waals surface area contributed by atoms with Gasteiger partial charge in [-0.2, -0.15) is 0 Å². The monoisotopic (exact) mass is 444 g/mol. The highest BCUT2D eigenvalue weighted by Crippen LogP contribution is 2.31. The van der Waals surface area contributed by atoms with Crippen molar-refractivity contribution in [2.75, 3.05) is 22.9 Å². The molecule has 34 heavy (non-hydrogen) atoms. The van der Waals surface area contributed by atoms with E-state index in [1.807, 2.05) is 12.2 Å². The number of hydrogen-bond acceptors (Lipinski definition) is 2. The Morgan fingerprint density at radius 3 is 0.971 bits per heavy atom. The first-order chi connectivity index (χ1) is 16.7. The lowest BCUT2D eigenvalue weighted by molar-refractivity contribution is 1.02. The molecule has 0 unspecified atom stereocenters. The average Bonchev–Trinajstić information content (AvgIpc) is 2.91. The van der Waals surface area contributed by atoms with E-state index in [4.69, 9.17) is 0 Å². The van der Waals surface area contributed by atoms with E-state index < -0.39 is 0 Å².